The molecule has 1 N–H and O–H groups in total. The third-order valence-electron chi connectivity index (χ3n) is 1.11. The molecule has 1 rings (SSSR count). The van der Waals surface area contributed by atoms with Crippen LogP contribution < -0.4 is 5.32 Å². The molecule has 0 saturated heterocycles. The minimum absolute atomic E-state index is 0.110. The van der Waals surface area contributed by atoms with Crippen molar-refractivity contribution in [2.24, 2.45) is 0 Å². The zero-order valence-corrected chi connectivity index (χ0v) is 8.61. The molecule has 0 unspecified atom stereocenters. The molecule has 0 spiro atoms. The van der Waals surface area contributed by atoms with Crippen LogP contribution in [-0.2, 0) is 9.13 Å². The van der Waals surface area contributed by atoms with Crippen LogP contribution >= 0.6 is 28.3 Å². The number of nitrogens with one attached hydrogen (secondary N) is 1. The molecule has 0 aliphatic carbocycles. The average Bonchev–Trinajstić information content (AvgIpc) is 2.59. The number of hydrogen-bond acceptors (Lipinski definition) is 5. The molecule has 12 heavy (non-hydrogen) atoms. The van der Waals surface area contributed by atoms with Gasteiger partial charge in [0.25, 0.3) is 0 Å². The van der Waals surface area contributed by atoms with E-state index in [0.29, 0.717) is 6.54 Å². The monoisotopic (exact) mass is 220 g/mol. The van der Waals surface area contributed by atoms with E-state index in [1.165, 1.54) is 11.3 Å². The molecule has 0 bridgehead atoms. The van der Waals surface area contributed by atoms with Gasteiger partial charge in [-0.1, -0.05) is 0 Å². The fraction of sp³-hybridized carbons (Fsp3) is 0.400. The molecule has 0 fully saturated rings. The molecule has 1 aromatic heterocycles. The summed E-state index contributed by atoms with van der Waals surface area (Å²) in [6, 6.07) is 0. The third kappa shape index (κ3) is 2.94. The van der Waals surface area contributed by atoms with Crippen molar-refractivity contribution in [3.05, 3.63) is 11.6 Å². The number of thiazole rings is 1. The van der Waals surface area contributed by atoms with Gasteiger partial charge < -0.3 is 5.32 Å². The van der Waals surface area contributed by atoms with Crippen LogP contribution in [0.1, 0.15) is 0 Å². The Kier molecular flexibility index (Phi) is 4.30. The van der Waals surface area contributed by atoms with Gasteiger partial charge in [-0.05, 0) is 0 Å². The fourth-order valence-electron chi connectivity index (χ4n) is 0.583. The zero-order valence-electron chi connectivity index (χ0n) is 6.01. The molecular formula is C5H6N2O2P2S. The number of nitrogens with zero attached hydrogens (tertiary/aromatic N) is 1. The molecule has 1 heterocycles. The largest absolute Gasteiger partial charge is 0.360 e. The highest BCUT2D eigenvalue weighted by Gasteiger charge is 2.07. The predicted octanol–water partition coefficient (Wildman–Crippen LogP) is 2.46. The summed E-state index contributed by atoms with van der Waals surface area (Å²) < 4.78 is 20.7. The molecule has 0 saturated carbocycles. The van der Waals surface area contributed by atoms with Crippen LogP contribution in [0.3, 0.4) is 0 Å². The van der Waals surface area contributed by atoms with Gasteiger partial charge in [0.2, 0.25) is 0 Å². The summed E-state index contributed by atoms with van der Waals surface area (Å²) in [6.07, 6.45) is 1.67. The Morgan fingerprint density at radius 1 is 1.58 bits per heavy atom. The van der Waals surface area contributed by atoms with Crippen molar-refractivity contribution in [2.75, 3.05) is 11.9 Å². The van der Waals surface area contributed by atoms with Gasteiger partial charge in [-0.2, -0.15) is 0 Å². The second kappa shape index (κ2) is 5.31. The Labute approximate surface area is 76.8 Å². The van der Waals surface area contributed by atoms with E-state index in [-0.39, 0.29) is 22.3 Å². The topological polar surface area (TPSA) is 59.1 Å². The Hall–Kier alpha value is -0.370. The Bertz CT molecular complexity index is 246. The quantitative estimate of drug-likeness (QED) is 0.774. The molecule has 0 aliphatic heterocycles. The summed E-state index contributed by atoms with van der Waals surface area (Å²) in [4.78, 5) is 3.95. The lowest BCUT2D eigenvalue weighted by Crippen LogP contribution is -2.08. The van der Waals surface area contributed by atoms with Crippen LogP contribution in [0.4, 0.5) is 5.13 Å². The first-order valence-corrected chi connectivity index (χ1v) is 5.79. The highest BCUT2D eigenvalue weighted by molar-refractivity contribution is 7.44. The molecule has 0 amide bonds. The van der Waals surface area contributed by atoms with E-state index in [0.717, 1.165) is 5.13 Å². The van der Waals surface area contributed by atoms with Gasteiger partial charge in [0.05, 0.1) is 0 Å². The van der Waals surface area contributed by atoms with E-state index in [9.17, 15) is 9.13 Å². The Morgan fingerprint density at radius 3 is 2.83 bits per heavy atom. The smallest absolute Gasteiger partial charge is 0.182 e. The molecule has 0 atom stereocenters. The van der Waals surface area contributed by atoms with E-state index in [2.05, 4.69) is 10.3 Å². The Morgan fingerprint density at radius 2 is 2.33 bits per heavy atom. The first-order chi connectivity index (χ1) is 5.86. The van der Waals surface area contributed by atoms with E-state index in [1.807, 2.05) is 5.38 Å². The molecule has 4 nitrogen and oxygen atoms in total. The van der Waals surface area contributed by atoms with E-state index in [4.69, 9.17) is 0 Å². The second-order valence-corrected chi connectivity index (χ2v) is 4.88. The summed E-state index contributed by atoms with van der Waals surface area (Å²) in [7, 11) is -0.219. The maximum absolute atomic E-state index is 10.3. The zero-order chi connectivity index (χ0) is 8.81. The fourth-order valence-corrected chi connectivity index (χ4v) is 1.61. The van der Waals surface area contributed by atoms with Crippen LogP contribution in [0, 0.1) is 0 Å². The van der Waals surface area contributed by atoms with Crippen molar-refractivity contribution in [1.29, 1.82) is 0 Å². The molecule has 7 heteroatoms. The summed E-state index contributed by atoms with van der Waals surface area (Å²) in [5.74, 6) is 0. The number of rotatable bonds is 5. The van der Waals surface area contributed by atoms with Crippen molar-refractivity contribution >= 4 is 33.4 Å². The number of hydrogen-bond donors (Lipinski definition) is 1. The van der Waals surface area contributed by atoms with E-state index < -0.39 is 0 Å². The highest BCUT2D eigenvalue weighted by atomic mass is 32.1. The Balaban J connectivity index is 2.34. The van der Waals surface area contributed by atoms with Gasteiger partial charge in [0.15, 0.2) is 22.1 Å². The van der Waals surface area contributed by atoms with Gasteiger partial charge in [0.1, 0.15) is 5.40 Å². The molecule has 1 aromatic rings. The molecule has 0 aliphatic rings. The van der Waals surface area contributed by atoms with Gasteiger partial charge in [0, 0.05) is 18.1 Å². The number of anilines is 1. The van der Waals surface area contributed by atoms with Gasteiger partial charge >= 0.3 is 0 Å². The lowest BCUT2D eigenvalue weighted by atomic mass is 10.7. The van der Waals surface area contributed by atoms with Crippen molar-refractivity contribution in [3.8, 4) is 0 Å². The minimum atomic E-state index is -0.381. The number of aromatic nitrogens is 1. The second-order valence-electron chi connectivity index (χ2n) is 1.91. The van der Waals surface area contributed by atoms with Gasteiger partial charge in [-0.15, -0.1) is 11.3 Å². The van der Waals surface area contributed by atoms with Crippen molar-refractivity contribution in [3.63, 3.8) is 0 Å². The van der Waals surface area contributed by atoms with Crippen molar-refractivity contribution in [1.82, 2.24) is 4.98 Å². The van der Waals surface area contributed by atoms with Crippen LogP contribution in [0.15, 0.2) is 11.6 Å². The average molecular weight is 220 g/mol. The first-order valence-electron chi connectivity index (χ1n) is 3.15. The lowest BCUT2D eigenvalue weighted by Gasteiger charge is -2.00. The van der Waals surface area contributed by atoms with Crippen LogP contribution in [0.25, 0.3) is 0 Å². The van der Waals surface area contributed by atoms with Crippen LogP contribution in [0.5, 0.6) is 0 Å². The first kappa shape index (κ1) is 9.72. The summed E-state index contributed by atoms with van der Waals surface area (Å²) >= 11 is 1.45. The highest BCUT2D eigenvalue weighted by Crippen LogP contribution is 2.20. The van der Waals surface area contributed by atoms with E-state index >= 15 is 0 Å². The van der Waals surface area contributed by atoms with Gasteiger partial charge in [-0.25, -0.2) is 4.98 Å². The SMILES string of the molecule is O=PC(CNc1nccs1)P=O. The summed E-state index contributed by atoms with van der Waals surface area (Å²) in [5.41, 5.74) is 0. The van der Waals surface area contributed by atoms with Crippen molar-refractivity contribution in [2.45, 2.75) is 5.40 Å². The predicted molar refractivity (Wildman–Crippen MR) is 49.6 cm³/mol. The standard InChI is InChI=1S/C5H6N2O2P2S/c8-10-4(11-9)3-7-5-6-1-2-12-5/h1-2,4H,3H2,(H,6,7). The van der Waals surface area contributed by atoms with Crippen molar-refractivity contribution < 1.29 is 9.13 Å². The summed E-state index contributed by atoms with van der Waals surface area (Å²) in [6.45, 7) is 0.406. The molecule has 0 aromatic carbocycles. The van der Waals surface area contributed by atoms with E-state index in [1.54, 1.807) is 6.20 Å². The molecular weight excluding hydrogens is 214 g/mol. The van der Waals surface area contributed by atoms with Crippen LogP contribution in [-0.4, -0.2) is 16.9 Å². The third-order valence-corrected chi connectivity index (χ3v) is 3.26. The lowest BCUT2D eigenvalue weighted by molar-refractivity contribution is 0.588. The molecule has 0 radical (unpaired) electrons. The minimum Gasteiger partial charge on any atom is -0.360 e. The molecule has 64 valence electrons. The normalized spacial score (nSPS) is 13.3. The van der Waals surface area contributed by atoms with Crippen LogP contribution in [0.2, 0.25) is 0 Å². The summed E-state index contributed by atoms with van der Waals surface area (Å²) in [5, 5.41) is 5.13. The maximum Gasteiger partial charge on any atom is 0.182 e. The van der Waals surface area contributed by atoms with Gasteiger partial charge in [-0.3, -0.25) is 9.13 Å². The maximum atomic E-state index is 10.3.